The van der Waals surface area contributed by atoms with E-state index in [-0.39, 0.29) is 18.4 Å². The van der Waals surface area contributed by atoms with Gasteiger partial charge >= 0.3 is 0 Å². The van der Waals surface area contributed by atoms with Gasteiger partial charge in [-0.3, -0.25) is 9.59 Å². The van der Waals surface area contributed by atoms with Crippen LogP contribution >= 0.6 is 0 Å². The molecule has 1 atom stereocenters. The lowest BCUT2D eigenvalue weighted by Gasteiger charge is -2.38. The van der Waals surface area contributed by atoms with Crippen molar-refractivity contribution in [3.63, 3.8) is 0 Å². The minimum atomic E-state index is -0.647. The molecule has 0 bridgehead atoms. The standard InChI is InChI=1S/C23H27N3O4/c1-16-6-5-7-17(2)22(16)24-21(27)15-26-14-20(23(28)25-10-12-29-13-11-25)30-19-9-4-3-8-18(19)26/h3-9,20H,10-15H2,1-2H3,(H,24,27). The Hall–Kier alpha value is -3.06. The van der Waals surface area contributed by atoms with E-state index < -0.39 is 6.10 Å². The molecule has 0 spiro atoms. The van der Waals surface area contributed by atoms with Gasteiger partial charge in [-0.1, -0.05) is 30.3 Å². The molecule has 2 amide bonds. The van der Waals surface area contributed by atoms with Crippen molar-refractivity contribution in [1.82, 2.24) is 4.90 Å². The van der Waals surface area contributed by atoms with Gasteiger partial charge in [0.2, 0.25) is 5.91 Å². The summed E-state index contributed by atoms with van der Waals surface area (Å²) in [6, 6.07) is 13.5. The number of nitrogens with zero attached hydrogens (tertiary/aromatic N) is 2. The second-order valence-electron chi connectivity index (χ2n) is 7.71. The summed E-state index contributed by atoms with van der Waals surface area (Å²) in [5, 5.41) is 3.03. The summed E-state index contributed by atoms with van der Waals surface area (Å²) in [6.45, 7) is 6.62. The summed E-state index contributed by atoms with van der Waals surface area (Å²) in [7, 11) is 0. The van der Waals surface area contributed by atoms with Gasteiger partial charge < -0.3 is 24.6 Å². The molecule has 30 heavy (non-hydrogen) atoms. The van der Waals surface area contributed by atoms with Gasteiger partial charge in [0.1, 0.15) is 5.75 Å². The molecule has 2 aromatic carbocycles. The van der Waals surface area contributed by atoms with Crippen LogP contribution in [0.4, 0.5) is 11.4 Å². The summed E-state index contributed by atoms with van der Waals surface area (Å²) in [6.07, 6.45) is -0.647. The Labute approximate surface area is 176 Å². The second-order valence-corrected chi connectivity index (χ2v) is 7.71. The van der Waals surface area contributed by atoms with E-state index >= 15 is 0 Å². The molecule has 2 aliphatic rings. The van der Waals surface area contributed by atoms with Crippen molar-refractivity contribution < 1.29 is 19.1 Å². The number of rotatable bonds is 4. The predicted octanol–water partition coefficient (Wildman–Crippen LogP) is 2.37. The Morgan fingerprint density at radius 2 is 1.73 bits per heavy atom. The van der Waals surface area contributed by atoms with Gasteiger partial charge in [-0.15, -0.1) is 0 Å². The predicted molar refractivity (Wildman–Crippen MR) is 115 cm³/mol. The zero-order chi connectivity index (χ0) is 21.1. The third-order valence-electron chi connectivity index (χ3n) is 5.54. The van der Waals surface area contributed by atoms with Crippen LogP contribution in [0.2, 0.25) is 0 Å². The van der Waals surface area contributed by atoms with Crippen LogP contribution in [0.15, 0.2) is 42.5 Å². The van der Waals surface area contributed by atoms with Crippen LogP contribution in [0.1, 0.15) is 11.1 Å². The Morgan fingerprint density at radius 3 is 2.47 bits per heavy atom. The van der Waals surface area contributed by atoms with Crippen molar-refractivity contribution in [2.24, 2.45) is 0 Å². The van der Waals surface area contributed by atoms with E-state index in [0.717, 1.165) is 22.5 Å². The summed E-state index contributed by atoms with van der Waals surface area (Å²) >= 11 is 0. The molecule has 2 heterocycles. The molecule has 1 fully saturated rings. The average Bonchev–Trinajstić information content (AvgIpc) is 2.76. The zero-order valence-corrected chi connectivity index (χ0v) is 17.4. The number of amides is 2. The van der Waals surface area contributed by atoms with Gasteiger partial charge in [0.05, 0.1) is 32.0 Å². The van der Waals surface area contributed by atoms with E-state index in [0.29, 0.717) is 38.6 Å². The van der Waals surface area contributed by atoms with Gasteiger partial charge in [-0.2, -0.15) is 0 Å². The molecule has 158 valence electrons. The minimum Gasteiger partial charge on any atom is -0.477 e. The van der Waals surface area contributed by atoms with Crippen LogP contribution in [-0.4, -0.2) is 62.2 Å². The number of benzene rings is 2. The first-order chi connectivity index (χ1) is 14.5. The highest BCUT2D eigenvalue weighted by atomic mass is 16.5. The van der Waals surface area contributed by atoms with E-state index in [2.05, 4.69) is 5.32 Å². The van der Waals surface area contributed by atoms with Crippen molar-refractivity contribution in [3.05, 3.63) is 53.6 Å². The smallest absolute Gasteiger partial charge is 0.265 e. The molecule has 2 aromatic rings. The number of hydrogen-bond donors (Lipinski definition) is 1. The van der Waals surface area contributed by atoms with Crippen molar-refractivity contribution in [1.29, 1.82) is 0 Å². The largest absolute Gasteiger partial charge is 0.477 e. The number of nitrogens with one attached hydrogen (secondary N) is 1. The minimum absolute atomic E-state index is 0.0621. The van der Waals surface area contributed by atoms with Crippen LogP contribution in [0, 0.1) is 13.8 Å². The molecule has 7 heteroatoms. The quantitative estimate of drug-likeness (QED) is 0.840. The first-order valence-corrected chi connectivity index (χ1v) is 10.3. The zero-order valence-electron chi connectivity index (χ0n) is 17.4. The fourth-order valence-electron chi connectivity index (χ4n) is 3.94. The number of carbonyl (C=O) groups is 2. The highest BCUT2D eigenvalue weighted by molar-refractivity contribution is 5.96. The molecule has 1 saturated heterocycles. The van der Waals surface area contributed by atoms with Crippen LogP contribution < -0.4 is 15.0 Å². The van der Waals surface area contributed by atoms with Gasteiger partial charge in [0.15, 0.2) is 6.10 Å². The number of para-hydroxylation sites is 3. The van der Waals surface area contributed by atoms with Gasteiger partial charge in [0.25, 0.3) is 5.91 Å². The highest BCUT2D eigenvalue weighted by Crippen LogP contribution is 2.33. The van der Waals surface area contributed by atoms with Crippen molar-refractivity contribution >= 4 is 23.2 Å². The number of carbonyl (C=O) groups excluding carboxylic acids is 2. The highest BCUT2D eigenvalue weighted by Gasteiger charge is 2.34. The molecule has 0 radical (unpaired) electrons. The molecule has 0 aliphatic carbocycles. The Balaban J connectivity index is 1.51. The maximum atomic E-state index is 13.0. The summed E-state index contributed by atoms with van der Waals surface area (Å²) in [5.74, 6) is 0.435. The van der Waals surface area contributed by atoms with Crippen molar-refractivity contribution in [2.75, 3.05) is 49.6 Å². The van der Waals surface area contributed by atoms with Crippen LogP contribution in [0.5, 0.6) is 5.75 Å². The Bertz CT molecular complexity index is 920. The van der Waals surface area contributed by atoms with E-state index in [4.69, 9.17) is 9.47 Å². The maximum absolute atomic E-state index is 13.0. The molecule has 0 aromatic heterocycles. The van der Waals surface area contributed by atoms with E-state index in [1.54, 1.807) is 4.90 Å². The maximum Gasteiger partial charge on any atom is 0.265 e. The van der Waals surface area contributed by atoms with E-state index in [1.165, 1.54) is 0 Å². The molecular weight excluding hydrogens is 382 g/mol. The normalized spacial score (nSPS) is 18.4. The second kappa shape index (κ2) is 8.75. The summed E-state index contributed by atoms with van der Waals surface area (Å²) in [4.78, 5) is 29.6. The van der Waals surface area contributed by atoms with E-state index in [9.17, 15) is 9.59 Å². The molecule has 0 saturated carbocycles. The van der Waals surface area contributed by atoms with Gasteiger partial charge in [-0.05, 0) is 37.1 Å². The monoisotopic (exact) mass is 409 g/mol. The van der Waals surface area contributed by atoms with Gasteiger partial charge in [0, 0.05) is 18.8 Å². The number of hydrogen-bond acceptors (Lipinski definition) is 5. The number of fused-ring (bicyclic) bond motifs is 1. The van der Waals surface area contributed by atoms with E-state index in [1.807, 2.05) is 61.2 Å². The molecule has 4 rings (SSSR count). The molecule has 2 aliphatic heterocycles. The lowest BCUT2D eigenvalue weighted by molar-refractivity contribution is -0.142. The number of morpholine rings is 1. The van der Waals surface area contributed by atoms with Crippen LogP contribution in [0.3, 0.4) is 0 Å². The summed E-state index contributed by atoms with van der Waals surface area (Å²) in [5.41, 5.74) is 3.70. The van der Waals surface area contributed by atoms with Crippen LogP contribution in [-0.2, 0) is 14.3 Å². The Kier molecular flexibility index (Phi) is 5.90. The molecule has 1 N–H and O–H groups in total. The molecular formula is C23H27N3O4. The lowest BCUT2D eigenvalue weighted by atomic mass is 10.1. The first-order valence-electron chi connectivity index (χ1n) is 10.3. The lowest BCUT2D eigenvalue weighted by Crippen LogP contribution is -2.53. The third-order valence-corrected chi connectivity index (χ3v) is 5.54. The molecule has 7 nitrogen and oxygen atoms in total. The number of ether oxygens (including phenoxy) is 2. The first kappa shape index (κ1) is 20.2. The fourth-order valence-corrected chi connectivity index (χ4v) is 3.94. The van der Waals surface area contributed by atoms with Crippen LogP contribution in [0.25, 0.3) is 0 Å². The van der Waals surface area contributed by atoms with Crippen molar-refractivity contribution in [3.8, 4) is 5.75 Å². The van der Waals surface area contributed by atoms with Crippen molar-refractivity contribution in [2.45, 2.75) is 20.0 Å². The van der Waals surface area contributed by atoms with Gasteiger partial charge in [-0.25, -0.2) is 0 Å². The molecule has 1 unspecified atom stereocenters. The fraction of sp³-hybridized carbons (Fsp3) is 0.391. The Morgan fingerprint density at radius 1 is 1.03 bits per heavy atom. The third kappa shape index (κ3) is 4.26. The number of anilines is 2. The number of aryl methyl sites for hydroxylation is 2. The topological polar surface area (TPSA) is 71.1 Å². The summed E-state index contributed by atoms with van der Waals surface area (Å²) < 4.78 is 11.4. The average molecular weight is 409 g/mol. The SMILES string of the molecule is Cc1cccc(C)c1NC(=O)CN1CC(C(=O)N2CCOCC2)Oc2ccccc21.